The molecule has 0 radical (unpaired) electrons. The molecule has 4 aliphatic carbocycles. The van der Waals surface area contributed by atoms with Crippen LogP contribution < -0.4 is 0 Å². The molecule has 4 bridgehead atoms. The largest absolute Gasteiger partial charge is 0.179 e. The van der Waals surface area contributed by atoms with Gasteiger partial charge in [0.1, 0.15) is 0 Å². The molecule has 32 heavy (non-hydrogen) atoms. The Morgan fingerprint density at radius 3 is 1.69 bits per heavy atom. The number of hydrogen-bond donors (Lipinski definition) is 3. The Labute approximate surface area is 216 Å². The molecule has 1 aromatic carbocycles. The maximum absolute atomic E-state index is 4.91. The highest BCUT2D eigenvalue weighted by Gasteiger charge is 2.67. The molecule has 2 heterocycles. The molecule has 0 unspecified atom stereocenters. The summed E-state index contributed by atoms with van der Waals surface area (Å²) in [5, 5.41) is 2.15. The van der Waals surface area contributed by atoms with Crippen molar-refractivity contribution in [3.8, 4) is 20.2 Å². The first-order chi connectivity index (χ1) is 15.5. The molecule has 0 spiro atoms. The van der Waals surface area contributed by atoms with Gasteiger partial charge in [-0.15, -0.1) is 22.7 Å². The average Bonchev–Trinajstić information content (AvgIpc) is 3.51. The Morgan fingerprint density at radius 2 is 1.19 bits per heavy atom. The topological polar surface area (TPSA) is 0 Å². The maximum Gasteiger partial charge on any atom is 0.0449 e. The first kappa shape index (κ1) is 22.2. The van der Waals surface area contributed by atoms with Gasteiger partial charge in [-0.1, -0.05) is 30.3 Å². The van der Waals surface area contributed by atoms with Crippen molar-refractivity contribution in [1.82, 2.24) is 0 Å². The summed E-state index contributed by atoms with van der Waals surface area (Å²) in [6.07, 6.45) is 7.79. The fourth-order valence-corrected chi connectivity index (χ4v) is 11.0. The Kier molecular flexibility index (Phi) is 5.43. The van der Waals surface area contributed by atoms with Gasteiger partial charge >= 0.3 is 0 Å². The standard InChI is InChI=1S/C27H30S5/c28-16-24-10-25(17-29)12-26(11-24,18-30)15-27(13-24,14-25)20-5-3-19(4-6-20)21-7-8-23(32-21)22-2-1-9-31-22/h1-9,28-30H,10-18H2. The second-order valence-corrected chi connectivity index (χ2v) is 14.0. The minimum atomic E-state index is 0.263. The highest BCUT2D eigenvalue weighted by molar-refractivity contribution is 7.80. The van der Waals surface area contributed by atoms with E-state index in [1.165, 1.54) is 58.7 Å². The second-order valence-electron chi connectivity index (χ2n) is 11.0. The summed E-state index contributed by atoms with van der Waals surface area (Å²) >= 11 is 18.4. The minimum absolute atomic E-state index is 0.263. The zero-order chi connectivity index (χ0) is 22.0. The van der Waals surface area contributed by atoms with Crippen molar-refractivity contribution in [3.05, 3.63) is 59.5 Å². The Hall–Kier alpha value is -0.330. The van der Waals surface area contributed by atoms with Crippen molar-refractivity contribution < 1.29 is 0 Å². The molecule has 0 saturated heterocycles. The summed E-state index contributed by atoms with van der Waals surface area (Å²) in [5.74, 6) is 3.00. The molecule has 0 aliphatic heterocycles. The molecular weight excluding hydrogens is 485 g/mol. The minimum Gasteiger partial charge on any atom is -0.179 e. The number of benzene rings is 1. The quantitative estimate of drug-likeness (QED) is 0.270. The summed E-state index contributed by atoms with van der Waals surface area (Å²) in [4.78, 5) is 4.08. The van der Waals surface area contributed by atoms with Crippen LogP contribution in [-0.4, -0.2) is 17.3 Å². The first-order valence-electron chi connectivity index (χ1n) is 11.5. The summed E-state index contributed by atoms with van der Waals surface area (Å²) in [5.41, 5.74) is 4.20. The van der Waals surface area contributed by atoms with Crippen LogP contribution in [-0.2, 0) is 5.41 Å². The van der Waals surface area contributed by atoms with Crippen molar-refractivity contribution in [2.24, 2.45) is 16.2 Å². The van der Waals surface area contributed by atoms with Gasteiger partial charge in [-0.2, -0.15) is 37.9 Å². The van der Waals surface area contributed by atoms with Gasteiger partial charge in [0.2, 0.25) is 0 Å². The van der Waals surface area contributed by atoms with Gasteiger partial charge in [0.15, 0.2) is 0 Å². The van der Waals surface area contributed by atoms with E-state index in [9.17, 15) is 0 Å². The summed E-state index contributed by atoms with van der Waals surface area (Å²) in [6.45, 7) is 0. The van der Waals surface area contributed by atoms with Crippen LogP contribution in [0.15, 0.2) is 53.9 Å². The molecule has 4 saturated carbocycles. The average molecular weight is 515 g/mol. The van der Waals surface area contributed by atoms with Crippen LogP contribution in [0.1, 0.15) is 44.1 Å². The van der Waals surface area contributed by atoms with Crippen molar-refractivity contribution in [2.75, 3.05) is 17.3 Å². The molecule has 3 aromatic rings. The number of hydrogen-bond acceptors (Lipinski definition) is 5. The van der Waals surface area contributed by atoms with E-state index in [0.29, 0.717) is 16.2 Å². The monoisotopic (exact) mass is 514 g/mol. The molecule has 4 fully saturated rings. The van der Waals surface area contributed by atoms with Crippen LogP contribution >= 0.6 is 60.6 Å². The molecule has 4 aliphatic rings. The lowest BCUT2D eigenvalue weighted by atomic mass is 9.35. The van der Waals surface area contributed by atoms with Gasteiger partial charge in [0.05, 0.1) is 0 Å². The lowest BCUT2D eigenvalue weighted by molar-refractivity contribution is -0.145. The smallest absolute Gasteiger partial charge is 0.0449 e. The van der Waals surface area contributed by atoms with Gasteiger partial charge in [0, 0.05) is 14.6 Å². The molecule has 2 aromatic heterocycles. The molecule has 0 atom stereocenters. The lowest BCUT2D eigenvalue weighted by Gasteiger charge is -2.71. The molecular formula is C27H30S5. The van der Waals surface area contributed by atoms with Gasteiger partial charge in [-0.3, -0.25) is 0 Å². The van der Waals surface area contributed by atoms with Crippen LogP contribution in [0.2, 0.25) is 0 Å². The van der Waals surface area contributed by atoms with Gasteiger partial charge in [-0.05, 0) is 112 Å². The van der Waals surface area contributed by atoms with E-state index in [1.807, 2.05) is 22.7 Å². The predicted molar refractivity (Wildman–Crippen MR) is 151 cm³/mol. The van der Waals surface area contributed by atoms with Crippen LogP contribution in [0.4, 0.5) is 0 Å². The van der Waals surface area contributed by atoms with Gasteiger partial charge < -0.3 is 0 Å². The third-order valence-electron chi connectivity index (χ3n) is 8.55. The van der Waals surface area contributed by atoms with E-state index >= 15 is 0 Å². The third-order valence-corrected chi connectivity index (χ3v) is 12.8. The zero-order valence-corrected chi connectivity index (χ0v) is 22.5. The van der Waals surface area contributed by atoms with Crippen molar-refractivity contribution >= 4 is 60.6 Å². The normalized spacial score (nSPS) is 35.5. The first-order valence-corrected chi connectivity index (χ1v) is 15.1. The number of rotatable bonds is 6. The second kappa shape index (κ2) is 7.84. The zero-order valence-electron chi connectivity index (χ0n) is 18.2. The fourth-order valence-electron chi connectivity index (χ4n) is 8.13. The van der Waals surface area contributed by atoms with E-state index in [1.54, 1.807) is 5.56 Å². The maximum atomic E-state index is 4.91. The number of thiol groups is 3. The number of thiophene rings is 2. The van der Waals surface area contributed by atoms with E-state index in [-0.39, 0.29) is 5.41 Å². The van der Waals surface area contributed by atoms with Crippen LogP contribution in [0.3, 0.4) is 0 Å². The van der Waals surface area contributed by atoms with Gasteiger partial charge in [0.25, 0.3) is 0 Å². The molecule has 0 amide bonds. The lowest BCUT2D eigenvalue weighted by Crippen LogP contribution is -2.64. The third kappa shape index (κ3) is 3.40. The van der Waals surface area contributed by atoms with Crippen molar-refractivity contribution in [3.63, 3.8) is 0 Å². The molecule has 7 rings (SSSR count). The summed E-state index contributed by atoms with van der Waals surface area (Å²) in [7, 11) is 0. The highest BCUT2D eigenvalue weighted by atomic mass is 32.1. The molecule has 5 heteroatoms. The highest BCUT2D eigenvalue weighted by Crippen LogP contribution is 2.74. The summed E-state index contributed by atoms with van der Waals surface area (Å²) in [6, 6.07) is 18.5. The van der Waals surface area contributed by atoms with E-state index in [0.717, 1.165) is 17.3 Å². The predicted octanol–water partition coefficient (Wildman–Crippen LogP) is 8.51. The van der Waals surface area contributed by atoms with Crippen LogP contribution in [0, 0.1) is 16.2 Å². The molecule has 0 N–H and O–H groups in total. The van der Waals surface area contributed by atoms with E-state index < -0.39 is 0 Å². The fraction of sp³-hybridized carbons (Fsp3) is 0.481. The van der Waals surface area contributed by atoms with Crippen molar-refractivity contribution in [1.29, 1.82) is 0 Å². The summed E-state index contributed by atoms with van der Waals surface area (Å²) < 4.78 is 0. The SMILES string of the molecule is SCC12CC3(CS)CC(CS)(C1)CC(c1ccc(-c4ccc(-c5cccs5)s4)cc1)(C2)C3. The Balaban J connectivity index is 1.36. The van der Waals surface area contributed by atoms with E-state index in [4.69, 9.17) is 37.9 Å². The van der Waals surface area contributed by atoms with Gasteiger partial charge in [-0.25, -0.2) is 0 Å². The molecule has 0 nitrogen and oxygen atoms in total. The Morgan fingerprint density at radius 1 is 0.625 bits per heavy atom. The van der Waals surface area contributed by atoms with Crippen molar-refractivity contribution in [2.45, 2.75) is 43.9 Å². The van der Waals surface area contributed by atoms with Crippen LogP contribution in [0.25, 0.3) is 20.2 Å². The van der Waals surface area contributed by atoms with Crippen LogP contribution in [0.5, 0.6) is 0 Å². The molecule has 168 valence electrons. The Bertz CT molecular complexity index is 1050. The van der Waals surface area contributed by atoms with E-state index in [2.05, 4.69) is 53.9 Å².